The lowest BCUT2D eigenvalue weighted by atomic mass is 10.1. The third kappa shape index (κ3) is 3.63. The lowest BCUT2D eigenvalue weighted by Crippen LogP contribution is -2.42. The number of carbonyl (C=O) groups excluding carboxylic acids is 1. The molecule has 1 aromatic rings. The topological polar surface area (TPSA) is 41.1 Å². The van der Waals surface area contributed by atoms with Crippen LogP contribution in [0.3, 0.4) is 0 Å². The predicted molar refractivity (Wildman–Crippen MR) is 79.7 cm³/mol. The second-order valence-electron chi connectivity index (χ2n) is 5.27. The molecule has 4 heteroatoms. The molecule has 1 amide bonds. The molecule has 2 N–H and O–H groups in total. The Kier molecular flexibility index (Phi) is 4.70. The highest BCUT2D eigenvalue weighted by atomic mass is 35.5. The minimum absolute atomic E-state index is 0.0614. The van der Waals surface area contributed by atoms with Crippen molar-refractivity contribution in [3.63, 3.8) is 0 Å². The second-order valence-corrected chi connectivity index (χ2v) is 5.68. The van der Waals surface area contributed by atoms with Gasteiger partial charge in [0.15, 0.2) is 0 Å². The average Bonchev–Trinajstić information content (AvgIpc) is 2.87. The van der Waals surface area contributed by atoms with Gasteiger partial charge in [-0.05, 0) is 44.4 Å². The summed E-state index contributed by atoms with van der Waals surface area (Å²) in [4.78, 5) is 12.1. The van der Waals surface area contributed by atoms with Gasteiger partial charge in [0.1, 0.15) is 6.04 Å². The lowest BCUT2D eigenvalue weighted by Gasteiger charge is -2.19. The molecule has 0 saturated heterocycles. The van der Waals surface area contributed by atoms with E-state index < -0.39 is 0 Å². The van der Waals surface area contributed by atoms with Crippen molar-refractivity contribution >= 4 is 23.2 Å². The zero-order chi connectivity index (χ0) is 13.8. The van der Waals surface area contributed by atoms with Gasteiger partial charge < -0.3 is 10.6 Å². The highest BCUT2D eigenvalue weighted by Gasteiger charge is 2.20. The molecule has 1 atom stereocenters. The Morgan fingerprint density at radius 1 is 1.37 bits per heavy atom. The number of nitrogens with one attached hydrogen (secondary N) is 2. The van der Waals surface area contributed by atoms with Crippen molar-refractivity contribution in [2.75, 3.05) is 5.32 Å². The van der Waals surface area contributed by atoms with Gasteiger partial charge in [-0.1, -0.05) is 30.5 Å². The van der Waals surface area contributed by atoms with E-state index in [2.05, 4.69) is 10.6 Å². The number of halogens is 1. The van der Waals surface area contributed by atoms with Gasteiger partial charge in [0.25, 0.3) is 0 Å². The largest absolute Gasteiger partial charge is 0.374 e. The summed E-state index contributed by atoms with van der Waals surface area (Å²) < 4.78 is 0. The summed E-state index contributed by atoms with van der Waals surface area (Å²) in [6.45, 7) is 3.83. The van der Waals surface area contributed by atoms with Gasteiger partial charge in [0.05, 0.1) is 0 Å². The summed E-state index contributed by atoms with van der Waals surface area (Å²) in [5, 5.41) is 7.04. The highest BCUT2D eigenvalue weighted by Crippen LogP contribution is 2.23. The van der Waals surface area contributed by atoms with Crippen LogP contribution in [0.4, 0.5) is 5.69 Å². The molecule has 1 aliphatic rings. The van der Waals surface area contributed by atoms with E-state index in [-0.39, 0.29) is 11.9 Å². The Hall–Kier alpha value is -1.22. The zero-order valence-electron chi connectivity index (χ0n) is 11.5. The predicted octanol–water partition coefficient (Wildman–Crippen LogP) is 3.51. The van der Waals surface area contributed by atoms with Gasteiger partial charge in [-0.25, -0.2) is 0 Å². The summed E-state index contributed by atoms with van der Waals surface area (Å²) in [5.74, 6) is 0.0614. The SMILES string of the molecule is Cc1c(Cl)cccc1NC(C)C(=O)NC1CCCC1. The molecule has 0 spiro atoms. The first kappa shape index (κ1) is 14.2. The van der Waals surface area contributed by atoms with E-state index >= 15 is 0 Å². The lowest BCUT2D eigenvalue weighted by molar-refractivity contribution is -0.122. The van der Waals surface area contributed by atoms with Gasteiger partial charge >= 0.3 is 0 Å². The van der Waals surface area contributed by atoms with Crippen molar-refractivity contribution in [1.29, 1.82) is 0 Å². The third-order valence-electron chi connectivity index (χ3n) is 3.73. The normalized spacial score (nSPS) is 17.2. The average molecular weight is 281 g/mol. The Morgan fingerprint density at radius 2 is 2.05 bits per heavy atom. The summed E-state index contributed by atoms with van der Waals surface area (Å²) in [5.41, 5.74) is 1.89. The van der Waals surface area contributed by atoms with Crippen LogP contribution in [0.1, 0.15) is 38.2 Å². The van der Waals surface area contributed by atoms with Crippen molar-refractivity contribution in [2.24, 2.45) is 0 Å². The summed E-state index contributed by atoms with van der Waals surface area (Å²) in [6.07, 6.45) is 4.66. The molecule has 104 valence electrons. The van der Waals surface area contributed by atoms with Crippen molar-refractivity contribution in [1.82, 2.24) is 5.32 Å². The number of rotatable bonds is 4. The van der Waals surface area contributed by atoms with E-state index in [1.165, 1.54) is 12.8 Å². The molecule has 1 unspecified atom stereocenters. The highest BCUT2D eigenvalue weighted by molar-refractivity contribution is 6.31. The van der Waals surface area contributed by atoms with E-state index in [9.17, 15) is 4.79 Å². The molecule has 1 fully saturated rings. The number of anilines is 1. The van der Waals surface area contributed by atoms with Gasteiger partial charge in [0.2, 0.25) is 5.91 Å². The van der Waals surface area contributed by atoms with Crippen molar-refractivity contribution in [2.45, 2.75) is 51.6 Å². The minimum Gasteiger partial charge on any atom is -0.374 e. The quantitative estimate of drug-likeness (QED) is 0.886. The maximum absolute atomic E-state index is 12.1. The zero-order valence-corrected chi connectivity index (χ0v) is 12.3. The fraction of sp³-hybridized carbons (Fsp3) is 0.533. The Balaban J connectivity index is 1.94. The first-order valence-corrected chi connectivity index (χ1v) is 7.27. The van der Waals surface area contributed by atoms with Crippen LogP contribution in [-0.2, 0) is 4.79 Å². The standard InChI is InChI=1S/C15H21ClN2O/c1-10-13(16)8-5-9-14(10)17-11(2)15(19)18-12-6-3-4-7-12/h5,8-9,11-12,17H,3-4,6-7H2,1-2H3,(H,18,19). The Morgan fingerprint density at radius 3 is 2.74 bits per heavy atom. The molecule has 1 saturated carbocycles. The van der Waals surface area contributed by atoms with E-state index in [0.29, 0.717) is 11.1 Å². The molecular formula is C15H21ClN2O. The van der Waals surface area contributed by atoms with Crippen LogP contribution in [0.15, 0.2) is 18.2 Å². The van der Waals surface area contributed by atoms with Crippen molar-refractivity contribution < 1.29 is 4.79 Å². The monoisotopic (exact) mass is 280 g/mol. The van der Waals surface area contributed by atoms with E-state index in [4.69, 9.17) is 11.6 Å². The van der Waals surface area contributed by atoms with Crippen molar-refractivity contribution in [3.05, 3.63) is 28.8 Å². The maximum Gasteiger partial charge on any atom is 0.242 e. The van der Waals surface area contributed by atoms with Crippen LogP contribution < -0.4 is 10.6 Å². The molecule has 0 radical (unpaired) electrons. The van der Waals surface area contributed by atoms with Crippen LogP contribution in [0, 0.1) is 6.92 Å². The van der Waals surface area contributed by atoms with Crippen molar-refractivity contribution in [3.8, 4) is 0 Å². The molecule has 2 rings (SSSR count). The second kappa shape index (κ2) is 6.29. The van der Waals surface area contributed by atoms with Gasteiger partial charge in [-0.3, -0.25) is 4.79 Å². The summed E-state index contributed by atoms with van der Waals surface area (Å²) in [6, 6.07) is 5.79. The summed E-state index contributed by atoms with van der Waals surface area (Å²) in [7, 11) is 0. The number of hydrogen-bond donors (Lipinski definition) is 2. The molecule has 0 heterocycles. The first-order valence-electron chi connectivity index (χ1n) is 6.90. The van der Waals surface area contributed by atoms with E-state index in [1.807, 2.05) is 32.0 Å². The molecular weight excluding hydrogens is 260 g/mol. The Labute approximate surface area is 119 Å². The van der Waals surface area contributed by atoms with E-state index in [0.717, 1.165) is 24.1 Å². The van der Waals surface area contributed by atoms with Crippen LogP contribution in [-0.4, -0.2) is 18.0 Å². The fourth-order valence-electron chi connectivity index (χ4n) is 2.46. The minimum atomic E-state index is -0.252. The number of hydrogen-bond acceptors (Lipinski definition) is 2. The fourth-order valence-corrected chi connectivity index (χ4v) is 2.63. The molecule has 19 heavy (non-hydrogen) atoms. The molecule has 0 aliphatic heterocycles. The molecule has 0 aromatic heterocycles. The van der Waals surface area contributed by atoms with Gasteiger partial charge in [-0.2, -0.15) is 0 Å². The number of amides is 1. The summed E-state index contributed by atoms with van der Waals surface area (Å²) >= 11 is 6.07. The van der Waals surface area contributed by atoms with Crippen LogP contribution in [0.25, 0.3) is 0 Å². The maximum atomic E-state index is 12.1. The van der Waals surface area contributed by atoms with E-state index in [1.54, 1.807) is 0 Å². The first-order chi connectivity index (χ1) is 9.08. The Bertz CT molecular complexity index is 455. The van der Waals surface area contributed by atoms with Gasteiger partial charge in [-0.15, -0.1) is 0 Å². The smallest absolute Gasteiger partial charge is 0.242 e. The molecule has 1 aromatic carbocycles. The number of benzene rings is 1. The molecule has 3 nitrogen and oxygen atoms in total. The molecule has 1 aliphatic carbocycles. The third-order valence-corrected chi connectivity index (χ3v) is 4.14. The van der Waals surface area contributed by atoms with Crippen LogP contribution >= 0.6 is 11.6 Å². The molecule has 0 bridgehead atoms. The van der Waals surface area contributed by atoms with Gasteiger partial charge in [0, 0.05) is 16.8 Å². The number of carbonyl (C=O) groups is 1. The van der Waals surface area contributed by atoms with Crippen LogP contribution in [0.2, 0.25) is 5.02 Å². The van der Waals surface area contributed by atoms with Crippen LogP contribution in [0.5, 0.6) is 0 Å².